The standard InChI is InChI=1S/C32H44N3O21P3S2/c36-24-18-25(54-26(24)19-53-58(49,50)56-59(51,52)55-57(46,47)48)21-8-2-1-6-20(10-11-21)7-5-13-33-27(37)12-15-61-60-14-4-3-9-28(38)34-22(16-29(39)40)31(43)35-23(32(44)45)17-30(41)42/h1-2,6,8,10-11,22-26,36H,3-4,9,12-19H2,(H,33,37)(H,34,38)(H,35,43)(H,39,40)(H,41,42)(H,44,45)(H,49,50)(H,51,52)(H2,46,47,48)/b2-1-,6-1?,8-2?,11-10?,20-6?,20-10?,21-8+,21-11?/t22?,23?,24?,25-,26-/m1/s1. The number of unbranched alkanes of at least 4 members (excludes halogenated alkanes) is 1. The Morgan fingerprint density at radius 1 is 0.820 bits per heavy atom. The molecule has 1 aliphatic carbocycles. The highest BCUT2D eigenvalue weighted by molar-refractivity contribution is 8.76. The second-order valence-electron chi connectivity index (χ2n) is 12.5. The van der Waals surface area contributed by atoms with Crippen LogP contribution in [0.3, 0.4) is 0 Å². The van der Waals surface area contributed by atoms with Crippen LogP contribution in [0.1, 0.15) is 44.9 Å². The van der Waals surface area contributed by atoms with Crippen molar-refractivity contribution in [3.05, 3.63) is 47.6 Å². The molecule has 1 heterocycles. The zero-order valence-electron chi connectivity index (χ0n) is 31.7. The molecular weight excluding hydrogens is 919 g/mol. The van der Waals surface area contributed by atoms with Crippen molar-refractivity contribution < 1.29 is 100 Å². The van der Waals surface area contributed by atoms with Crippen LogP contribution in [0.4, 0.5) is 0 Å². The second kappa shape index (κ2) is 26.1. The van der Waals surface area contributed by atoms with E-state index in [1.807, 2.05) is 5.32 Å². The number of amides is 3. The molecule has 0 aromatic carbocycles. The number of nitrogens with one attached hydrogen (secondary N) is 3. The largest absolute Gasteiger partial charge is 0.490 e. The lowest BCUT2D eigenvalue weighted by molar-refractivity contribution is -0.148. The van der Waals surface area contributed by atoms with Gasteiger partial charge in [-0.05, 0) is 30.6 Å². The molecule has 3 amide bonds. The fraction of sp³-hybridized carbons (Fsp3) is 0.500. The van der Waals surface area contributed by atoms with Crippen LogP contribution in [0.15, 0.2) is 47.6 Å². The average Bonchev–Trinajstić information content (AvgIpc) is 3.48. The number of aliphatic carboxylic acids is 3. The van der Waals surface area contributed by atoms with Gasteiger partial charge in [-0.25, -0.2) is 18.5 Å². The van der Waals surface area contributed by atoms with Crippen LogP contribution in [0.2, 0.25) is 0 Å². The summed E-state index contributed by atoms with van der Waals surface area (Å²) in [6.45, 7) is -0.771. The average molecular weight is 964 g/mol. The first-order valence-corrected chi connectivity index (χ1v) is 24.6. The van der Waals surface area contributed by atoms with Gasteiger partial charge in [0.15, 0.2) is 0 Å². The van der Waals surface area contributed by atoms with Gasteiger partial charge in [0.05, 0.1) is 38.2 Å². The fourth-order valence-corrected chi connectivity index (χ4v) is 10.0. The first-order valence-electron chi connectivity index (χ1n) is 17.6. The predicted molar refractivity (Wildman–Crippen MR) is 214 cm³/mol. The van der Waals surface area contributed by atoms with E-state index < -0.39 is 103 Å². The lowest BCUT2D eigenvalue weighted by Crippen LogP contribution is -2.52. The number of rotatable bonds is 26. The number of hydrogen-bond donors (Lipinski definition) is 11. The van der Waals surface area contributed by atoms with Gasteiger partial charge in [-0.1, -0.05) is 57.7 Å². The zero-order valence-corrected chi connectivity index (χ0v) is 36.0. The highest BCUT2D eigenvalue weighted by atomic mass is 33.1. The number of hydrogen-bond acceptors (Lipinski definition) is 16. The van der Waals surface area contributed by atoms with E-state index in [4.69, 9.17) is 29.8 Å². The Hall–Kier alpha value is -3.63. The quantitative estimate of drug-likeness (QED) is 0.0248. The third kappa shape index (κ3) is 23.4. The molecule has 5 unspecified atom stereocenters. The SMILES string of the molecule is O=C(O)CC(NC(=O)C(CC(=O)O)NC(=O)CCCCSSCCC(=O)NCC#CC1=C/C=C\C=C(\[C@H]2CC(O)[C@@H](COP(=O)(O)OP(=O)(O)OP(=O)(O)O)O2)C=C1)C(=O)O. The third-order valence-electron chi connectivity index (χ3n) is 7.55. The van der Waals surface area contributed by atoms with Crippen LogP contribution in [0.5, 0.6) is 0 Å². The Morgan fingerprint density at radius 2 is 1.48 bits per heavy atom. The zero-order chi connectivity index (χ0) is 45.8. The van der Waals surface area contributed by atoms with Crippen molar-refractivity contribution in [2.45, 2.75) is 75.3 Å². The maximum Gasteiger partial charge on any atom is 0.490 e. The van der Waals surface area contributed by atoms with E-state index >= 15 is 0 Å². The number of phosphoric ester groups is 1. The number of aliphatic hydroxyl groups is 1. The number of carbonyl (C=O) groups is 6. The highest BCUT2D eigenvalue weighted by Gasteiger charge is 2.43. The summed E-state index contributed by atoms with van der Waals surface area (Å²) in [6.07, 6.45) is 6.16. The topological polar surface area (TPSA) is 388 Å². The minimum absolute atomic E-state index is 0.0159. The normalized spacial score (nSPS) is 21.8. The van der Waals surface area contributed by atoms with Crippen LogP contribution < -0.4 is 16.0 Å². The molecule has 29 heteroatoms. The first kappa shape index (κ1) is 53.5. The minimum atomic E-state index is -5.71. The van der Waals surface area contributed by atoms with E-state index in [0.29, 0.717) is 35.5 Å². The van der Waals surface area contributed by atoms with Gasteiger partial charge in [0, 0.05) is 36.3 Å². The maximum atomic E-state index is 12.4. The number of carbonyl (C=O) groups excluding carboxylic acids is 3. The van der Waals surface area contributed by atoms with Crippen molar-refractivity contribution in [1.82, 2.24) is 16.0 Å². The smallest absolute Gasteiger partial charge is 0.481 e. The molecule has 7 atom stereocenters. The Labute approximate surface area is 355 Å². The van der Waals surface area contributed by atoms with Gasteiger partial charge in [0.25, 0.3) is 0 Å². The lowest BCUT2D eigenvalue weighted by Gasteiger charge is -2.19. The molecule has 1 fully saturated rings. The summed E-state index contributed by atoms with van der Waals surface area (Å²) in [5.41, 5.74) is 1.12. The van der Waals surface area contributed by atoms with Crippen molar-refractivity contribution in [2.24, 2.45) is 0 Å². The molecule has 11 N–H and O–H groups in total. The van der Waals surface area contributed by atoms with Crippen LogP contribution in [0.25, 0.3) is 0 Å². The van der Waals surface area contributed by atoms with E-state index in [-0.39, 0.29) is 31.7 Å². The van der Waals surface area contributed by atoms with Crippen molar-refractivity contribution in [1.29, 1.82) is 0 Å². The van der Waals surface area contributed by atoms with Gasteiger partial charge in [0.2, 0.25) is 17.7 Å². The molecule has 340 valence electrons. The van der Waals surface area contributed by atoms with Crippen LogP contribution in [0, 0.1) is 11.8 Å². The van der Waals surface area contributed by atoms with Gasteiger partial charge < -0.3 is 60.7 Å². The molecule has 2 rings (SSSR count). The Balaban J connectivity index is 1.68. The Kier molecular flexibility index (Phi) is 22.9. The predicted octanol–water partition coefficient (Wildman–Crippen LogP) is 0.892. The molecule has 2 aliphatic rings. The molecule has 0 spiro atoms. The molecule has 0 aromatic rings. The minimum Gasteiger partial charge on any atom is -0.481 e. The van der Waals surface area contributed by atoms with Crippen molar-refractivity contribution in [2.75, 3.05) is 24.7 Å². The summed E-state index contributed by atoms with van der Waals surface area (Å²) in [7, 11) is -13.8. The molecular formula is C32H44N3O21P3S2. The van der Waals surface area contributed by atoms with Crippen LogP contribution in [-0.2, 0) is 60.3 Å². The third-order valence-corrected chi connectivity index (χ3v) is 13.8. The Morgan fingerprint density at radius 3 is 2.13 bits per heavy atom. The first-order chi connectivity index (χ1) is 28.4. The van der Waals surface area contributed by atoms with Crippen molar-refractivity contribution in [3.63, 3.8) is 0 Å². The van der Waals surface area contributed by atoms with Gasteiger partial charge in [0.1, 0.15) is 18.2 Å². The molecule has 61 heavy (non-hydrogen) atoms. The van der Waals surface area contributed by atoms with Crippen LogP contribution >= 0.6 is 45.1 Å². The summed E-state index contributed by atoms with van der Waals surface area (Å²) in [6, 6.07) is -3.43. The van der Waals surface area contributed by atoms with Gasteiger partial charge in [-0.3, -0.25) is 28.5 Å². The summed E-state index contributed by atoms with van der Waals surface area (Å²) in [5.74, 6) is 0.185. The summed E-state index contributed by atoms with van der Waals surface area (Å²) >= 11 is 0. The molecule has 0 bridgehead atoms. The van der Waals surface area contributed by atoms with E-state index in [1.54, 1.807) is 36.5 Å². The number of carboxylic acid groups (broad SMARTS) is 3. The Bertz CT molecular complexity index is 1940. The molecule has 1 saturated heterocycles. The van der Waals surface area contributed by atoms with E-state index in [9.17, 15) is 57.4 Å². The summed E-state index contributed by atoms with van der Waals surface area (Å²) in [4.78, 5) is 106. The molecule has 0 radical (unpaired) electrons. The number of allylic oxidation sites excluding steroid dienone is 6. The van der Waals surface area contributed by atoms with E-state index in [1.165, 1.54) is 21.6 Å². The highest BCUT2D eigenvalue weighted by Crippen LogP contribution is 2.66. The second-order valence-corrected chi connectivity index (χ2v) is 19.6. The van der Waals surface area contributed by atoms with Gasteiger partial charge in [-0.15, -0.1) is 0 Å². The molecule has 0 aromatic heterocycles. The molecule has 24 nitrogen and oxygen atoms in total. The summed E-state index contributed by atoms with van der Waals surface area (Å²) in [5, 5.41) is 44.3. The maximum absolute atomic E-state index is 12.4. The van der Waals surface area contributed by atoms with Gasteiger partial charge in [-0.2, -0.15) is 8.62 Å². The van der Waals surface area contributed by atoms with Crippen molar-refractivity contribution in [3.8, 4) is 11.8 Å². The monoisotopic (exact) mass is 963 g/mol. The lowest BCUT2D eigenvalue weighted by atomic mass is 10.0. The van der Waals surface area contributed by atoms with E-state index in [0.717, 1.165) is 0 Å². The number of aliphatic hydroxyl groups excluding tert-OH is 1. The molecule has 1 aliphatic heterocycles. The summed E-state index contributed by atoms with van der Waals surface area (Å²) < 4.78 is 51.9. The van der Waals surface area contributed by atoms with Crippen LogP contribution in [-0.4, -0.2) is 131 Å². The van der Waals surface area contributed by atoms with Crippen molar-refractivity contribution >= 4 is 80.7 Å². The number of ether oxygens (including phenoxy) is 1. The molecule has 0 saturated carbocycles. The fourth-order valence-electron chi connectivity index (χ4n) is 4.86. The number of carboxylic acids is 3. The van der Waals surface area contributed by atoms with E-state index in [2.05, 4.69) is 35.6 Å². The van der Waals surface area contributed by atoms with Gasteiger partial charge >= 0.3 is 41.4 Å². The number of phosphoric acid groups is 3.